The third kappa shape index (κ3) is 29.3. The second-order valence-corrected chi connectivity index (χ2v) is 12.8. The monoisotopic (exact) mass is 608 g/mol. The van der Waals surface area contributed by atoms with Crippen LogP contribution < -0.4 is 5.32 Å². The van der Waals surface area contributed by atoms with E-state index in [1.807, 2.05) is 12.2 Å². The molecule has 0 saturated heterocycles. The average molecular weight is 608 g/mol. The van der Waals surface area contributed by atoms with Gasteiger partial charge in [-0.15, -0.1) is 0 Å². The molecule has 0 aromatic rings. The molecule has 0 aliphatic carbocycles. The summed E-state index contributed by atoms with van der Waals surface area (Å²) in [7, 11) is 0. The Kier molecular flexibility index (Phi) is 32.8. The molecule has 0 heterocycles. The lowest BCUT2D eigenvalue weighted by Crippen LogP contribution is -2.48. The first-order chi connectivity index (χ1) is 21.1. The Morgan fingerprint density at radius 3 is 1.37 bits per heavy atom. The molecule has 3 unspecified atom stereocenters. The van der Waals surface area contributed by atoms with Crippen LogP contribution in [0.15, 0.2) is 24.3 Å². The first-order valence-electron chi connectivity index (χ1n) is 18.7. The van der Waals surface area contributed by atoms with Gasteiger partial charge in [0.25, 0.3) is 0 Å². The summed E-state index contributed by atoms with van der Waals surface area (Å²) in [6.07, 6.45) is 39.4. The number of rotatable bonds is 33. The Morgan fingerprint density at radius 1 is 0.558 bits per heavy atom. The van der Waals surface area contributed by atoms with Crippen LogP contribution in [-0.2, 0) is 4.79 Å². The molecule has 5 heteroatoms. The van der Waals surface area contributed by atoms with Crippen LogP contribution in [-0.4, -0.2) is 46.1 Å². The predicted octanol–water partition coefficient (Wildman–Crippen LogP) is 9.87. The van der Waals surface area contributed by atoms with Crippen LogP contribution in [0.5, 0.6) is 0 Å². The third-order valence-corrected chi connectivity index (χ3v) is 8.54. The second-order valence-electron chi connectivity index (χ2n) is 12.8. The van der Waals surface area contributed by atoms with E-state index in [0.717, 1.165) is 19.3 Å². The van der Waals surface area contributed by atoms with Gasteiger partial charge in [-0.3, -0.25) is 4.79 Å². The highest BCUT2D eigenvalue weighted by atomic mass is 16.3. The highest BCUT2D eigenvalue weighted by molar-refractivity contribution is 5.80. The normalized spacial score (nSPS) is 14.1. The quantitative estimate of drug-likeness (QED) is 0.0441. The van der Waals surface area contributed by atoms with Gasteiger partial charge < -0.3 is 20.6 Å². The maximum atomic E-state index is 12.3. The minimum absolute atomic E-state index is 0.334. The molecule has 0 spiro atoms. The standard InChI is InChI=1S/C38H73NO4/c1-3-5-7-9-11-13-14-15-16-17-18-19-20-21-22-23-24-25-27-28-30-32-36(41)35(34-40)39-38(43)37(42)33-31-29-26-12-10-8-6-4-2/h26,29-30,32,35-37,40-42H,3-25,27-28,31,33-34H2,1-2H3,(H,39,43)/b29-26-,32-30+. The summed E-state index contributed by atoms with van der Waals surface area (Å²) in [4.78, 5) is 12.3. The summed E-state index contributed by atoms with van der Waals surface area (Å²) in [6, 6.07) is -0.808. The Bertz CT molecular complexity index is 635. The van der Waals surface area contributed by atoms with Crippen molar-refractivity contribution in [1.82, 2.24) is 5.32 Å². The van der Waals surface area contributed by atoms with E-state index in [1.54, 1.807) is 6.08 Å². The zero-order valence-corrected chi connectivity index (χ0v) is 28.6. The molecule has 0 fully saturated rings. The summed E-state index contributed by atoms with van der Waals surface area (Å²) < 4.78 is 0. The maximum Gasteiger partial charge on any atom is 0.249 e. The van der Waals surface area contributed by atoms with E-state index in [1.165, 1.54) is 141 Å². The molecule has 0 aliphatic rings. The van der Waals surface area contributed by atoms with Crippen LogP contribution in [0.3, 0.4) is 0 Å². The summed E-state index contributed by atoms with van der Waals surface area (Å²) in [6.45, 7) is 4.11. The van der Waals surface area contributed by atoms with Gasteiger partial charge in [0.05, 0.1) is 18.8 Å². The number of carbonyl (C=O) groups is 1. The highest BCUT2D eigenvalue weighted by Crippen LogP contribution is 2.15. The van der Waals surface area contributed by atoms with Gasteiger partial charge in [-0.05, 0) is 38.5 Å². The van der Waals surface area contributed by atoms with Crippen molar-refractivity contribution in [2.24, 2.45) is 0 Å². The molecule has 0 bridgehead atoms. The Morgan fingerprint density at radius 2 is 0.930 bits per heavy atom. The smallest absolute Gasteiger partial charge is 0.249 e. The number of unbranched alkanes of at least 4 members (excludes halogenated alkanes) is 23. The number of aliphatic hydroxyl groups excluding tert-OH is 3. The molecule has 0 saturated carbocycles. The van der Waals surface area contributed by atoms with Crippen LogP contribution in [0.4, 0.5) is 0 Å². The lowest BCUT2D eigenvalue weighted by molar-refractivity contribution is -0.131. The highest BCUT2D eigenvalue weighted by Gasteiger charge is 2.22. The number of hydrogen-bond donors (Lipinski definition) is 4. The number of nitrogens with one attached hydrogen (secondary N) is 1. The fraction of sp³-hybridized carbons (Fsp3) is 0.868. The second kappa shape index (κ2) is 33.7. The van der Waals surface area contributed by atoms with Gasteiger partial charge in [-0.2, -0.15) is 0 Å². The minimum atomic E-state index is -1.14. The fourth-order valence-corrected chi connectivity index (χ4v) is 5.54. The summed E-state index contributed by atoms with van der Waals surface area (Å²) in [5.41, 5.74) is 0. The Hall–Kier alpha value is -1.17. The summed E-state index contributed by atoms with van der Waals surface area (Å²) in [5, 5.41) is 32.7. The van der Waals surface area contributed by atoms with Crippen molar-refractivity contribution >= 4 is 5.91 Å². The van der Waals surface area contributed by atoms with Crippen molar-refractivity contribution < 1.29 is 20.1 Å². The summed E-state index contributed by atoms with van der Waals surface area (Å²) in [5.74, 6) is -0.540. The largest absolute Gasteiger partial charge is 0.394 e. The number of hydrogen-bond acceptors (Lipinski definition) is 4. The Labute approximate surface area is 267 Å². The van der Waals surface area contributed by atoms with E-state index in [0.29, 0.717) is 12.8 Å². The molecule has 1 amide bonds. The van der Waals surface area contributed by atoms with E-state index >= 15 is 0 Å². The van der Waals surface area contributed by atoms with Crippen LogP contribution in [0.1, 0.15) is 187 Å². The van der Waals surface area contributed by atoms with E-state index in [4.69, 9.17) is 0 Å². The molecule has 0 aliphatic heterocycles. The van der Waals surface area contributed by atoms with Crippen LogP contribution in [0, 0.1) is 0 Å². The molecule has 43 heavy (non-hydrogen) atoms. The molecule has 3 atom stereocenters. The first kappa shape index (κ1) is 41.8. The molecule has 0 aromatic carbocycles. The average Bonchev–Trinajstić information content (AvgIpc) is 3.01. The fourth-order valence-electron chi connectivity index (χ4n) is 5.54. The number of allylic oxidation sites excluding steroid dienone is 3. The van der Waals surface area contributed by atoms with E-state index < -0.39 is 24.2 Å². The van der Waals surface area contributed by atoms with E-state index in [2.05, 4.69) is 25.2 Å². The zero-order chi connectivity index (χ0) is 31.6. The van der Waals surface area contributed by atoms with Gasteiger partial charge in [0.15, 0.2) is 0 Å². The minimum Gasteiger partial charge on any atom is -0.394 e. The van der Waals surface area contributed by atoms with Crippen molar-refractivity contribution in [3.63, 3.8) is 0 Å². The maximum absolute atomic E-state index is 12.3. The van der Waals surface area contributed by atoms with Gasteiger partial charge >= 0.3 is 0 Å². The first-order valence-corrected chi connectivity index (χ1v) is 18.7. The number of aliphatic hydroxyl groups is 3. The van der Waals surface area contributed by atoms with Gasteiger partial charge in [0.2, 0.25) is 5.91 Å². The summed E-state index contributed by atoms with van der Waals surface area (Å²) >= 11 is 0. The van der Waals surface area contributed by atoms with Crippen molar-refractivity contribution in [2.45, 2.75) is 205 Å². The SMILES string of the molecule is CCCCCC/C=C\CCC(O)C(=O)NC(CO)C(O)/C=C/CCCCCCCCCCCCCCCCCCCCC. The molecular weight excluding hydrogens is 534 g/mol. The molecule has 0 aromatic heterocycles. The van der Waals surface area contributed by atoms with Gasteiger partial charge in [0, 0.05) is 0 Å². The molecule has 5 nitrogen and oxygen atoms in total. The van der Waals surface area contributed by atoms with Crippen molar-refractivity contribution in [2.75, 3.05) is 6.61 Å². The van der Waals surface area contributed by atoms with Gasteiger partial charge in [-0.1, -0.05) is 173 Å². The van der Waals surface area contributed by atoms with Crippen molar-refractivity contribution in [3.8, 4) is 0 Å². The molecule has 0 rings (SSSR count). The van der Waals surface area contributed by atoms with Gasteiger partial charge in [-0.25, -0.2) is 0 Å². The molecular formula is C38H73NO4. The van der Waals surface area contributed by atoms with E-state index in [9.17, 15) is 20.1 Å². The molecule has 254 valence electrons. The van der Waals surface area contributed by atoms with E-state index in [-0.39, 0.29) is 6.61 Å². The van der Waals surface area contributed by atoms with Gasteiger partial charge in [0.1, 0.15) is 6.10 Å². The number of carbonyl (C=O) groups excluding carboxylic acids is 1. The van der Waals surface area contributed by atoms with Crippen molar-refractivity contribution in [1.29, 1.82) is 0 Å². The number of amides is 1. The topological polar surface area (TPSA) is 89.8 Å². The lowest BCUT2D eigenvalue weighted by Gasteiger charge is -2.21. The van der Waals surface area contributed by atoms with Crippen LogP contribution in [0.2, 0.25) is 0 Å². The Balaban J connectivity index is 3.67. The molecule has 4 N–H and O–H groups in total. The van der Waals surface area contributed by atoms with Crippen molar-refractivity contribution in [3.05, 3.63) is 24.3 Å². The molecule has 0 radical (unpaired) electrons. The van der Waals surface area contributed by atoms with Crippen LogP contribution >= 0.6 is 0 Å². The van der Waals surface area contributed by atoms with Crippen LogP contribution in [0.25, 0.3) is 0 Å². The third-order valence-electron chi connectivity index (χ3n) is 8.54. The predicted molar refractivity (Wildman–Crippen MR) is 185 cm³/mol. The lowest BCUT2D eigenvalue weighted by atomic mass is 10.0. The zero-order valence-electron chi connectivity index (χ0n) is 28.6.